The number of nitrogens with zero attached hydrogens (tertiary/aromatic N) is 2. The Hall–Kier alpha value is -2.60. The number of carbonyl (C=O) groups excluding carboxylic acids is 1. The number of carbonyl (C=O) groups is 1. The van der Waals surface area contributed by atoms with Crippen molar-refractivity contribution in [2.45, 2.75) is 26.7 Å². The third-order valence-corrected chi connectivity index (χ3v) is 5.02. The summed E-state index contributed by atoms with van der Waals surface area (Å²) in [6.07, 6.45) is 1.07. The zero-order valence-corrected chi connectivity index (χ0v) is 17.9. The lowest BCUT2D eigenvalue weighted by Gasteiger charge is -2.10. The predicted molar refractivity (Wildman–Crippen MR) is 116 cm³/mol. The summed E-state index contributed by atoms with van der Waals surface area (Å²) >= 11 is 3.46. The third-order valence-electron chi connectivity index (χ3n) is 4.49. The lowest BCUT2D eigenvalue weighted by atomic mass is 10.1. The van der Waals surface area contributed by atoms with E-state index in [4.69, 9.17) is 4.74 Å². The molecule has 0 spiro atoms. The normalized spacial score (nSPS) is 10.7. The molecule has 3 rings (SSSR count). The molecular formula is C22H24BrN3O2. The van der Waals surface area contributed by atoms with E-state index in [2.05, 4.69) is 26.3 Å². The number of hydrogen-bond acceptors (Lipinski definition) is 3. The molecule has 0 unspecified atom stereocenters. The largest absolute Gasteiger partial charge is 0.494 e. The quantitative estimate of drug-likeness (QED) is 0.552. The van der Waals surface area contributed by atoms with Gasteiger partial charge in [0.2, 0.25) is 5.91 Å². The average Bonchev–Trinajstić information content (AvgIpc) is 2.95. The first-order valence-electron chi connectivity index (χ1n) is 9.29. The summed E-state index contributed by atoms with van der Waals surface area (Å²) in [6.45, 7) is 4.56. The van der Waals surface area contributed by atoms with Crippen LogP contribution in [-0.4, -0.2) is 22.3 Å². The Balaban J connectivity index is 1.69. The highest BCUT2D eigenvalue weighted by atomic mass is 79.9. The van der Waals surface area contributed by atoms with E-state index in [9.17, 15) is 4.79 Å². The third kappa shape index (κ3) is 4.81. The minimum absolute atomic E-state index is 0.0322. The van der Waals surface area contributed by atoms with Crippen LogP contribution in [0.4, 0.5) is 5.82 Å². The molecule has 3 aromatic rings. The van der Waals surface area contributed by atoms with E-state index in [0.717, 1.165) is 38.4 Å². The van der Waals surface area contributed by atoms with Gasteiger partial charge >= 0.3 is 0 Å². The van der Waals surface area contributed by atoms with Gasteiger partial charge in [-0.1, -0.05) is 40.2 Å². The highest BCUT2D eigenvalue weighted by Crippen LogP contribution is 2.32. The number of amides is 1. The molecule has 1 heterocycles. The zero-order chi connectivity index (χ0) is 20.1. The molecule has 6 heteroatoms. The van der Waals surface area contributed by atoms with Crippen LogP contribution in [0.5, 0.6) is 5.75 Å². The van der Waals surface area contributed by atoms with Crippen molar-refractivity contribution in [1.82, 2.24) is 9.78 Å². The van der Waals surface area contributed by atoms with Crippen LogP contribution in [-0.2, 0) is 18.3 Å². The minimum Gasteiger partial charge on any atom is -0.494 e. The van der Waals surface area contributed by atoms with E-state index in [1.165, 1.54) is 0 Å². The van der Waals surface area contributed by atoms with Gasteiger partial charge in [0.05, 0.1) is 12.3 Å². The summed E-state index contributed by atoms with van der Waals surface area (Å²) in [5.41, 5.74) is 3.96. The fourth-order valence-electron chi connectivity index (χ4n) is 3.14. The van der Waals surface area contributed by atoms with Crippen molar-refractivity contribution in [3.8, 4) is 16.9 Å². The monoisotopic (exact) mass is 441 g/mol. The van der Waals surface area contributed by atoms with E-state index < -0.39 is 0 Å². The van der Waals surface area contributed by atoms with Gasteiger partial charge in [0.25, 0.3) is 0 Å². The molecule has 1 N–H and O–H groups in total. The number of halogens is 1. The summed E-state index contributed by atoms with van der Waals surface area (Å²) in [7, 11) is 1.84. The number of rotatable bonds is 7. The van der Waals surface area contributed by atoms with E-state index in [1.54, 1.807) is 4.68 Å². The molecule has 0 radical (unpaired) electrons. The summed E-state index contributed by atoms with van der Waals surface area (Å²) < 4.78 is 8.19. The van der Waals surface area contributed by atoms with E-state index >= 15 is 0 Å². The molecule has 0 aliphatic heterocycles. The molecule has 146 valence electrons. The van der Waals surface area contributed by atoms with Crippen molar-refractivity contribution < 1.29 is 9.53 Å². The van der Waals surface area contributed by atoms with Crippen LogP contribution in [0, 0.1) is 6.92 Å². The van der Waals surface area contributed by atoms with Gasteiger partial charge in [-0.05, 0) is 55.7 Å². The SMILES string of the molecule is CCOc1ccc(CCC(=O)Nc2c(-c3ccc(Br)cc3)c(C)nn2C)cc1. The molecule has 2 aromatic carbocycles. The second-order valence-electron chi connectivity index (χ2n) is 6.56. The van der Waals surface area contributed by atoms with Crippen LogP contribution < -0.4 is 10.1 Å². The lowest BCUT2D eigenvalue weighted by Crippen LogP contribution is -2.15. The van der Waals surface area contributed by atoms with Gasteiger partial charge in [-0.25, -0.2) is 0 Å². The van der Waals surface area contributed by atoms with Crippen molar-refractivity contribution in [3.63, 3.8) is 0 Å². The van der Waals surface area contributed by atoms with Crippen LogP contribution in [0.2, 0.25) is 0 Å². The number of ether oxygens (including phenoxy) is 1. The first-order chi connectivity index (χ1) is 13.5. The summed E-state index contributed by atoms with van der Waals surface area (Å²) in [5.74, 6) is 1.53. The summed E-state index contributed by atoms with van der Waals surface area (Å²) in [6, 6.07) is 15.9. The second-order valence-corrected chi connectivity index (χ2v) is 7.48. The molecule has 28 heavy (non-hydrogen) atoms. The fourth-order valence-corrected chi connectivity index (χ4v) is 3.40. The van der Waals surface area contributed by atoms with Gasteiger partial charge in [0.1, 0.15) is 11.6 Å². The van der Waals surface area contributed by atoms with Crippen LogP contribution in [0.3, 0.4) is 0 Å². The van der Waals surface area contributed by atoms with Gasteiger partial charge in [0.15, 0.2) is 0 Å². The zero-order valence-electron chi connectivity index (χ0n) is 16.3. The maximum Gasteiger partial charge on any atom is 0.225 e. The number of aryl methyl sites for hydroxylation is 3. The maximum atomic E-state index is 12.6. The Labute approximate surface area is 173 Å². The minimum atomic E-state index is -0.0322. The van der Waals surface area contributed by atoms with Gasteiger partial charge < -0.3 is 10.1 Å². The highest BCUT2D eigenvalue weighted by Gasteiger charge is 2.17. The molecule has 1 aromatic heterocycles. The number of anilines is 1. The molecule has 0 bridgehead atoms. The first kappa shape index (κ1) is 20.1. The fraction of sp³-hybridized carbons (Fsp3) is 0.273. The lowest BCUT2D eigenvalue weighted by molar-refractivity contribution is -0.116. The molecule has 0 atom stereocenters. The van der Waals surface area contributed by atoms with Crippen LogP contribution in [0.25, 0.3) is 11.1 Å². The van der Waals surface area contributed by atoms with Gasteiger partial charge in [0, 0.05) is 23.5 Å². The van der Waals surface area contributed by atoms with Crippen LogP contribution >= 0.6 is 15.9 Å². The Bertz CT molecular complexity index is 947. The molecule has 0 saturated heterocycles. The Morgan fingerprint density at radius 3 is 2.46 bits per heavy atom. The number of aromatic nitrogens is 2. The van der Waals surface area contributed by atoms with Gasteiger partial charge in [-0.2, -0.15) is 5.10 Å². The van der Waals surface area contributed by atoms with E-state index in [0.29, 0.717) is 19.4 Å². The van der Waals surface area contributed by atoms with Gasteiger partial charge in [-0.15, -0.1) is 0 Å². The number of hydrogen-bond donors (Lipinski definition) is 1. The summed E-state index contributed by atoms with van der Waals surface area (Å²) in [4.78, 5) is 12.6. The number of nitrogens with one attached hydrogen (secondary N) is 1. The number of benzene rings is 2. The molecule has 0 aliphatic carbocycles. The topological polar surface area (TPSA) is 56.1 Å². The van der Waals surface area contributed by atoms with Crippen LogP contribution in [0.15, 0.2) is 53.0 Å². The molecular weight excluding hydrogens is 418 g/mol. The van der Waals surface area contributed by atoms with E-state index in [1.807, 2.05) is 69.4 Å². The highest BCUT2D eigenvalue weighted by molar-refractivity contribution is 9.10. The Morgan fingerprint density at radius 2 is 1.82 bits per heavy atom. The molecule has 0 fully saturated rings. The molecule has 0 aliphatic rings. The first-order valence-corrected chi connectivity index (χ1v) is 10.1. The Kier molecular flexibility index (Phi) is 6.52. The predicted octanol–water partition coefficient (Wildman–Crippen LogP) is 5.13. The smallest absolute Gasteiger partial charge is 0.225 e. The molecule has 5 nitrogen and oxygen atoms in total. The summed E-state index contributed by atoms with van der Waals surface area (Å²) in [5, 5.41) is 7.52. The van der Waals surface area contributed by atoms with Crippen molar-refractivity contribution >= 4 is 27.7 Å². The van der Waals surface area contributed by atoms with Crippen LogP contribution in [0.1, 0.15) is 24.6 Å². The Morgan fingerprint density at radius 1 is 1.14 bits per heavy atom. The average molecular weight is 442 g/mol. The molecule has 1 amide bonds. The standard InChI is InChI=1S/C22H24BrN3O2/c1-4-28-19-12-5-16(6-13-19)7-14-20(27)24-22-21(15(2)25-26(22)3)17-8-10-18(23)11-9-17/h5-6,8-13H,4,7,14H2,1-3H3,(H,24,27). The molecule has 0 saturated carbocycles. The maximum absolute atomic E-state index is 12.6. The van der Waals surface area contributed by atoms with Crippen molar-refractivity contribution in [2.75, 3.05) is 11.9 Å². The van der Waals surface area contributed by atoms with Gasteiger partial charge in [-0.3, -0.25) is 9.48 Å². The van der Waals surface area contributed by atoms with Crippen molar-refractivity contribution in [1.29, 1.82) is 0 Å². The van der Waals surface area contributed by atoms with E-state index in [-0.39, 0.29) is 5.91 Å². The second kappa shape index (κ2) is 9.06. The van der Waals surface area contributed by atoms with Crippen molar-refractivity contribution in [2.24, 2.45) is 7.05 Å². The van der Waals surface area contributed by atoms with Crippen molar-refractivity contribution in [3.05, 3.63) is 64.3 Å².